The number of hydrogen-bond acceptors (Lipinski definition) is 7. The van der Waals surface area contributed by atoms with E-state index in [2.05, 4.69) is 14.7 Å². The predicted molar refractivity (Wildman–Crippen MR) is 118 cm³/mol. The third-order valence-corrected chi connectivity index (χ3v) is 7.17. The Morgan fingerprint density at radius 2 is 1.81 bits per heavy atom. The number of aromatic nitrogens is 2. The lowest BCUT2D eigenvalue weighted by Crippen LogP contribution is -2.38. The Kier molecular flexibility index (Phi) is 5.83. The van der Waals surface area contributed by atoms with Gasteiger partial charge in [0.05, 0.1) is 22.8 Å². The standard InChI is InChI=1S/C22H26N4O4S/c1-13-3-8-18(31(28,29)26-16-4-6-17(27)7-5-16)10-19(13)15-9-20(22(23)25-11-15)21-12-24-14(2)30-21/h3,8-12,16-17,26-27H,4-7H2,1-2H3,(H2,23,25). The summed E-state index contributed by atoms with van der Waals surface area (Å²) in [6.07, 6.45) is 5.33. The van der Waals surface area contributed by atoms with E-state index in [9.17, 15) is 13.5 Å². The van der Waals surface area contributed by atoms with Crippen LogP contribution in [0, 0.1) is 13.8 Å². The second-order valence-electron chi connectivity index (χ2n) is 8.00. The molecule has 2 aromatic heterocycles. The van der Waals surface area contributed by atoms with Crippen LogP contribution in [0.2, 0.25) is 0 Å². The van der Waals surface area contributed by atoms with Crippen LogP contribution in [0.5, 0.6) is 0 Å². The fourth-order valence-electron chi connectivity index (χ4n) is 3.87. The molecule has 3 aromatic rings. The molecule has 0 aliphatic heterocycles. The van der Waals surface area contributed by atoms with Gasteiger partial charge in [-0.05, 0) is 61.9 Å². The lowest BCUT2D eigenvalue weighted by Gasteiger charge is -2.26. The van der Waals surface area contributed by atoms with Crippen LogP contribution >= 0.6 is 0 Å². The lowest BCUT2D eigenvalue weighted by molar-refractivity contribution is 0.120. The third kappa shape index (κ3) is 4.63. The van der Waals surface area contributed by atoms with Crippen molar-refractivity contribution in [3.05, 3.63) is 48.1 Å². The molecule has 1 saturated carbocycles. The van der Waals surface area contributed by atoms with Gasteiger partial charge in [0.1, 0.15) is 5.82 Å². The molecule has 0 spiro atoms. The maximum atomic E-state index is 13.0. The molecule has 4 rings (SSSR count). The van der Waals surface area contributed by atoms with Gasteiger partial charge in [0.2, 0.25) is 10.0 Å². The van der Waals surface area contributed by atoms with Crippen LogP contribution in [0.3, 0.4) is 0 Å². The fourth-order valence-corrected chi connectivity index (χ4v) is 5.20. The second-order valence-corrected chi connectivity index (χ2v) is 9.72. The van der Waals surface area contributed by atoms with Gasteiger partial charge in [-0.25, -0.2) is 23.1 Å². The van der Waals surface area contributed by atoms with Crippen LogP contribution in [-0.4, -0.2) is 35.6 Å². The van der Waals surface area contributed by atoms with Crippen molar-refractivity contribution in [3.63, 3.8) is 0 Å². The molecule has 4 N–H and O–H groups in total. The number of aliphatic hydroxyl groups excluding tert-OH is 1. The van der Waals surface area contributed by atoms with E-state index in [1.165, 1.54) is 0 Å². The molecule has 0 amide bonds. The summed E-state index contributed by atoms with van der Waals surface area (Å²) >= 11 is 0. The van der Waals surface area contributed by atoms with Crippen molar-refractivity contribution in [3.8, 4) is 22.5 Å². The van der Waals surface area contributed by atoms with Crippen LogP contribution in [0.4, 0.5) is 5.82 Å². The largest absolute Gasteiger partial charge is 0.441 e. The van der Waals surface area contributed by atoms with Crippen LogP contribution in [0.15, 0.2) is 46.0 Å². The van der Waals surface area contributed by atoms with E-state index in [4.69, 9.17) is 10.2 Å². The molecule has 0 bridgehead atoms. The number of oxazole rings is 1. The zero-order valence-electron chi connectivity index (χ0n) is 17.5. The molecule has 1 fully saturated rings. The average molecular weight is 443 g/mol. The molecule has 0 unspecified atom stereocenters. The quantitative estimate of drug-likeness (QED) is 0.553. The van der Waals surface area contributed by atoms with E-state index in [1.54, 1.807) is 37.5 Å². The number of sulfonamides is 1. The van der Waals surface area contributed by atoms with Crippen molar-refractivity contribution >= 4 is 15.8 Å². The van der Waals surface area contributed by atoms with E-state index < -0.39 is 10.0 Å². The molecule has 31 heavy (non-hydrogen) atoms. The van der Waals surface area contributed by atoms with E-state index in [-0.39, 0.29) is 17.0 Å². The normalized spacial score (nSPS) is 19.5. The van der Waals surface area contributed by atoms with E-state index in [0.29, 0.717) is 48.7 Å². The van der Waals surface area contributed by atoms with Crippen molar-refractivity contribution in [1.82, 2.24) is 14.7 Å². The molecule has 1 aliphatic rings. The number of anilines is 1. The minimum Gasteiger partial charge on any atom is -0.441 e. The Hall–Kier alpha value is -2.75. The monoisotopic (exact) mass is 442 g/mol. The third-order valence-electron chi connectivity index (χ3n) is 5.65. The molecule has 1 aromatic carbocycles. The summed E-state index contributed by atoms with van der Waals surface area (Å²) < 4.78 is 34.3. The minimum absolute atomic E-state index is 0.169. The number of aryl methyl sites for hydroxylation is 2. The van der Waals surface area contributed by atoms with Crippen LogP contribution in [0.25, 0.3) is 22.5 Å². The maximum absolute atomic E-state index is 13.0. The summed E-state index contributed by atoms with van der Waals surface area (Å²) in [5.74, 6) is 1.33. The Bertz CT molecular complexity index is 1200. The zero-order chi connectivity index (χ0) is 22.2. The summed E-state index contributed by atoms with van der Waals surface area (Å²) in [4.78, 5) is 8.57. The van der Waals surface area contributed by atoms with Crippen molar-refractivity contribution in [2.45, 2.75) is 56.6 Å². The number of nitrogens with two attached hydrogens (primary N) is 1. The van der Waals surface area contributed by atoms with Crippen molar-refractivity contribution in [2.75, 3.05) is 5.73 Å². The van der Waals surface area contributed by atoms with Gasteiger partial charge in [-0.2, -0.15) is 0 Å². The predicted octanol–water partition coefficient (Wildman–Crippen LogP) is 3.18. The highest BCUT2D eigenvalue weighted by Crippen LogP contribution is 2.32. The van der Waals surface area contributed by atoms with Gasteiger partial charge in [-0.1, -0.05) is 6.07 Å². The Labute approximate surface area is 181 Å². The van der Waals surface area contributed by atoms with Gasteiger partial charge in [0, 0.05) is 24.7 Å². The average Bonchev–Trinajstić information content (AvgIpc) is 3.16. The van der Waals surface area contributed by atoms with Gasteiger partial charge >= 0.3 is 0 Å². The van der Waals surface area contributed by atoms with Crippen molar-refractivity contribution < 1.29 is 17.9 Å². The molecule has 0 radical (unpaired) electrons. The number of nitrogens with zero attached hydrogens (tertiary/aromatic N) is 2. The Morgan fingerprint density at radius 1 is 1.06 bits per heavy atom. The number of nitrogens with one attached hydrogen (secondary N) is 1. The first kappa shape index (κ1) is 21.5. The number of benzene rings is 1. The van der Waals surface area contributed by atoms with Crippen molar-refractivity contribution in [1.29, 1.82) is 0 Å². The number of aliphatic hydroxyl groups is 1. The topological polar surface area (TPSA) is 131 Å². The first-order valence-corrected chi connectivity index (χ1v) is 11.7. The van der Waals surface area contributed by atoms with Gasteiger partial charge < -0.3 is 15.3 Å². The first-order valence-electron chi connectivity index (χ1n) is 10.2. The molecular weight excluding hydrogens is 416 g/mol. The summed E-state index contributed by atoms with van der Waals surface area (Å²) in [6.45, 7) is 3.66. The van der Waals surface area contributed by atoms with Crippen LogP contribution < -0.4 is 10.5 Å². The number of pyridine rings is 1. The van der Waals surface area contributed by atoms with E-state index >= 15 is 0 Å². The molecule has 2 heterocycles. The van der Waals surface area contributed by atoms with Crippen LogP contribution in [0.1, 0.15) is 37.1 Å². The number of hydrogen-bond donors (Lipinski definition) is 3. The minimum atomic E-state index is -3.70. The summed E-state index contributed by atoms with van der Waals surface area (Å²) in [6, 6.07) is 6.69. The number of rotatable bonds is 5. The molecule has 0 atom stereocenters. The molecule has 164 valence electrons. The van der Waals surface area contributed by atoms with Gasteiger partial charge in [-0.15, -0.1) is 0 Å². The van der Waals surface area contributed by atoms with Crippen LogP contribution in [-0.2, 0) is 10.0 Å². The van der Waals surface area contributed by atoms with Crippen molar-refractivity contribution in [2.24, 2.45) is 0 Å². The summed E-state index contributed by atoms with van der Waals surface area (Å²) in [7, 11) is -3.70. The summed E-state index contributed by atoms with van der Waals surface area (Å²) in [5.41, 5.74) is 9.02. The first-order chi connectivity index (χ1) is 14.7. The highest BCUT2D eigenvalue weighted by atomic mass is 32.2. The smallest absolute Gasteiger partial charge is 0.240 e. The lowest BCUT2D eigenvalue weighted by atomic mass is 9.94. The SMILES string of the molecule is Cc1ncc(-c2cc(-c3cc(S(=O)(=O)NC4CCC(O)CC4)ccc3C)cnc2N)o1. The highest BCUT2D eigenvalue weighted by Gasteiger charge is 2.25. The number of nitrogen functional groups attached to an aromatic ring is 1. The molecule has 1 aliphatic carbocycles. The van der Waals surface area contributed by atoms with E-state index in [1.807, 2.05) is 13.0 Å². The second kappa shape index (κ2) is 8.41. The molecule has 8 nitrogen and oxygen atoms in total. The molecule has 9 heteroatoms. The van der Waals surface area contributed by atoms with Gasteiger partial charge in [0.15, 0.2) is 11.7 Å². The Morgan fingerprint density at radius 3 is 2.48 bits per heavy atom. The zero-order valence-corrected chi connectivity index (χ0v) is 18.3. The highest BCUT2D eigenvalue weighted by molar-refractivity contribution is 7.89. The Balaban J connectivity index is 1.67. The fraction of sp³-hybridized carbons (Fsp3) is 0.364. The van der Waals surface area contributed by atoms with Gasteiger partial charge in [-0.3, -0.25) is 0 Å². The summed E-state index contributed by atoms with van der Waals surface area (Å²) in [5, 5.41) is 9.66. The molecule has 0 saturated heterocycles. The van der Waals surface area contributed by atoms with E-state index in [0.717, 1.165) is 16.7 Å². The maximum Gasteiger partial charge on any atom is 0.240 e. The van der Waals surface area contributed by atoms with Gasteiger partial charge in [0.25, 0.3) is 0 Å². The molecular formula is C22H26N4O4S.